The molecule has 0 radical (unpaired) electrons. The van der Waals surface area contributed by atoms with Gasteiger partial charge in [0.15, 0.2) is 5.78 Å². The van der Waals surface area contributed by atoms with Gasteiger partial charge in [0.05, 0.1) is 23.8 Å². The molecule has 0 spiro atoms. The number of ether oxygens (including phenoxy) is 1. The Morgan fingerprint density at radius 2 is 1.94 bits per heavy atom. The maximum Gasteiger partial charge on any atom is 0.310 e. The average molecular weight is 316 g/mol. The highest BCUT2D eigenvalue weighted by Gasteiger charge is 2.42. The van der Waals surface area contributed by atoms with Crippen LogP contribution in [0.15, 0.2) is 0 Å². The van der Waals surface area contributed by atoms with Crippen molar-refractivity contribution in [3.63, 3.8) is 0 Å². The number of halogens is 3. The molecule has 1 aliphatic rings. The Hall–Kier alpha value is 0.01000. The van der Waals surface area contributed by atoms with E-state index in [0.717, 1.165) is 0 Å². The van der Waals surface area contributed by atoms with Crippen molar-refractivity contribution < 1.29 is 14.3 Å². The van der Waals surface area contributed by atoms with Crippen LogP contribution in [0.5, 0.6) is 0 Å². The van der Waals surface area contributed by atoms with Crippen molar-refractivity contribution in [3.8, 4) is 0 Å². The highest BCUT2D eigenvalue weighted by Crippen LogP contribution is 2.39. The van der Waals surface area contributed by atoms with Gasteiger partial charge in [0.2, 0.25) is 0 Å². The van der Waals surface area contributed by atoms with E-state index >= 15 is 0 Å². The maximum absolute atomic E-state index is 11.7. The first-order chi connectivity index (χ1) is 8.38. The van der Waals surface area contributed by atoms with Crippen LogP contribution in [-0.2, 0) is 14.3 Å². The van der Waals surface area contributed by atoms with Crippen LogP contribution >= 0.6 is 34.8 Å². The molecule has 0 aromatic heterocycles. The summed E-state index contributed by atoms with van der Waals surface area (Å²) in [6.07, 6.45) is 1.45. The largest absolute Gasteiger partial charge is 0.469 e. The third-order valence-electron chi connectivity index (χ3n) is 3.40. The number of rotatable bonds is 4. The first-order valence-electron chi connectivity index (χ1n) is 5.91. The van der Waals surface area contributed by atoms with Crippen LogP contribution in [0.25, 0.3) is 0 Å². The molecule has 1 aliphatic carbocycles. The van der Waals surface area contributed by atoms with Gasteiger partial charge in [0, 0.05) is 11.8 Å². The summed E-state index contributed by atoms with van der Waals surface area (Å²) in [6, 6.07) is 0. The van der Waals surface area contributed by atoms with Gasteiger partial charge >= 0.3 is 5.97 Å². The van der Waals surface area contributed by atoms with Gasteiger partial charge in [-0.15, -0.1) is 34.8 Å². The zero-order chi connectivity index (χ0) is 13.9. The molecule has 5 unspecified atom stereocenters. The molecule has 0 aromatic carbocycles. The van der Waals surface area contributed by atoms with Crippen molar-refractivity contribution in [1.82, 2.24) is 0 Å². The monoisotopic (exact) mass is 314 g/mol. The number of carbonyl (C=O) groups is 2. The Balaban J connectivity index is 2.74. The molecule has 0 N–H and O–H groups in total. The van der Waals surface area contributed by atoms with Crippen molar-refractivity contribution in [2.24, 2.45) is 11.8 Å². The van der Waals surface area contributed by atoms with Crippen LogP contribution in [0.3, 0.4) is 0 Å². The summed E-state index contributed by atoms with van der Waals surface area (Å²) in [5, 5.41) is -1.24. The Morgan fingerprint density at radius 3 is 2.44 bits per heavy atom. The number of ketones is 1. The van der Waals surface area contributed by atoms with Gasteiger partial charge in [0.1, 0.15) is 0 Å². The number of hydrogen-bond donors (Lipinski definition) is 0. The van der Waals surface area contributed by atoms with Crippen molar-refractivity contribution in [1.29, 1.82) is 0 Å². The number of hydrogen-bond acceptors (Lipinski definition) is 3. The molecule has 0 bridgehead atoms. The molecule has 0 heterocycles. The molecule has 0 aromatic rings. The average Bonchev–Trinajstić information content (AvgIpc) is 2.33. The number of methoxy groups -OCH3 is 1. The molecule has 1 fully saturated rings. The molecule has 0 saturated heterocycles. The lowest BCUT2D eigenvalue weighted by molar-refractivity contribution is -0.147. The highest BCUT2D eigenvalue weighted by atomic mass is 35.5. The molecular weight excluding hydrogens is 298 g/mol. The molecule has 18 heavy (non-hydrogen) atoms. The minimum atomic E-state index is -0.559. The molecule has 1 saturated carbocycles. The first kappa shape index (κ1) is 16.1. The molecule has 0 aliphatic heterocycles. The van der Waals surface area contributed by atoms with Crippen molar-refractivity contribution in [2.45, 2.75) is 42.3 Å². The van der Waals surface area contributed by atoms with Crippen LogP contribution in [0.4, 0.5) is 0 Å². The van der Waals surface area contributed by atoms with E-state index in [1.807, 2.05) is 0 Å². The summed E-state index contributed by atoms with van der Waals surface area (Å²) in [4.78, 5) is 23.3. The van der Waals surface area contributed by atoms with Gasteiger partial charge in [-0.1, -0.05) is 0 Å². The minimum absolute atomic E-state index is 0.0940. The lowest BCUT2D eigenvalue weighted by Crippen LogP contribution is -2.42. The fraction of sp³-hybridized carbons (Fsp3) is 0.833. The van der Waals surface area contributed by atoms with Gasteiger partial charge in [-0.05, 0) is 25.7 Å². The smallest absolute Gasteiger partial charge is 0.310 e. The summed E-state index contributed by atoms with van der Waals surface area (Å²) in [6.45, 7) is 1.62. The molecule has 0 amide bonds. The first-order valence-corrected chi connectivity index (χ1v) is 7.22. The second-order valence-electron chi connectivity index (χ2n) is 4.62. The Labute approximate surface area is 122 Å². The van der Waals surface area contributed by atoms with Gasteiger partial charge in [-0.25, -0.2) is 0 Å². The quantitative estimate of drug-likeness (QED) is 0.592. The van der Waals surface area contributed by atoms with E-state index in [1.165, 1.54) is 7.11 Å². The third kappa shape index (κ3) is 3.75. The van der Waals surface area contributed by atoms with E-state index in [0.29, 0.717) is 12.8 Å². The molecule has 6 heteroatoms. The Morgan fingerprint density at radius 1 is 1.33 bits per heavy atom. The summed E-state index contributed by atoms with van der Waals surface area (Å²) in [5.74, 6) is -1.06. The van der Waals surface area contributed by atoms with Crippen LogP contribution in [0.1, 0.15) is 26.2 Å². The van der Waals surface area contributed by atoms with Crippen LogP contribution in [-0.4, -0.2) is 35.0 Å². The second-order valence-corrected chi connectivity index (χ2v) is 6.34. The summed E-state index contributed by atoms with van der Waals surface area (Å²) >= 11 is 18.2. The van der Waals surface area contributed by atoms with E-state index in [4.69, 9.17) is 39.5 Å². The normalized spacial score (nSPS) is 33.8. The fourth-order valence-electron chi connectivity index (χ4n) is 2.24. The predicted molar refractivity (Wildman–Crippen MR) is 72.5 cm³/mol. The lowest BCUT2D eigenvalue weighted by Gasteiger charge is -2.36. The summed E-state index contributed by atoms with van der Waals surface area (Å²) < 4.78 is 4.72. The maximum atomic E-state index is 11.7. The SMILES string of the molecule is COC(=O)C1CCC(Cl)C(CC(=O)C(C)Cl)C1Cl. The van der Waals surface area contributed by atoms with Crippen molar-refractivity contribution in [3.05, 3.63) is 0 Å². The summed E-state index contributed by atoms with van der Waals surface area (Å²) in [7, 11) is 1.33. The number of Topliss-reactive ketones (excluding diaryl/α,β-unsaturated/α-hetero) is 1. The van der Waals surface area contributed by atoms with Crippen LogP contribution in [0, 0.1) is 11.8 Å². The number of esters is 1. The second kappa shape index (κ2) is 6.97. The summed E-state index contributed by atoms with van der Waals surface area (Å²) in [5.41, 5.74) is 0. The van der Waals surface area contributed by atoms with Gasteiger partial charge < -0.3 is 4.74 Å². The van der Waals surface area contributed by atoms with Crippen LogP contribution < -0.4 is 0 Å². The zero-order valence-electron chi connectivity index (χ0n) is 10.4. The van der Waals surface area contributed by atoms with Gasteiger partial charge in [-0.2, -0.15) is 0 Å². The van der Waals surface area contributed by atoms with Crippen molar-refractivity contribution in [2.75, 3.05) is 7.11 Å². The van der Waals surface area contributed by atoms with E-state index < -0.39 is 16.7 Å². The molecule has 5 atom stereocenters. The van der Waals surface area contributed by atoms with E-state index in [-0.39, 0.29) is 29.5 Å². The Bertz CT molecular complexity index is 320. The zero-order valence-corrected chi connectivity index (χ0v) is 12.6. The van der Waals surface area contributed by atoms with E-state index in [9.17, 15) is 9.59 Å². The minimum Gasteiger partial charge on any atom is -0.469 e. The van der Waals surface area contributed by atoms with Gasteiger partial charge in [-0.3, -0.25) is 9.59 Å². The van der Waals surface area contributed by atoms with Gasteiger partial charge in [0.25, 0.3) is 0 Å². The predicted octanol–water partition coefficient (Wildman–Crippen LogP) is 2.99. The standard InChI is InChI=1S/C12H17Cl3O3/c1-6(13)10(16)5-8-9(14)4-3-7(11(8)15)12(17)18-2/h6-9,11H,3-5H2,1-2H3. The van der Waals surface area contributed by atoms with Crippen LogP contribution in [0.2, 0.25) is 0 Å². The molecular formula is C12H17Cl3O3. The number of carbonyl (C=O) groups excluding carboxylic acids is 2. The van der Waals surface area contributed by atoms with E-state index in [2.05, 4.69) is 0 Å². The third-order valence-corrected chi connectivity index (χ3v) is 4.81. The molecule has 1 rings (SSSR count). The Kier molecular flexibility index (Phi) is 6.22. The van der Waals surface area contributed by atoms with E-state index in [1.54, 1.807) is 6.92 Å². The molecule has 104 valence electrons. The highest BCUT2D eigenvalue weighted by molar-refractivity contribution is 6.31. The fourth-order valence-corrected chi connectivity index (χ4v) is 3.27. The lowest BCUT2D eigenvalue weighted by atomic mass is 9.78. The molecule has 3 nitrogen and oxygen atoms in total. The van der Waals surface area contributed by atoms with Crippen molar-refractivity contribution >= 4 is 46.6 Å². The number of alkyl halides is 3. The topological polar surface area (TPSA) is 43.4 Å².